The monoisotopic (exact) mass is 296 g/mol. The van der Waals surface area contributed by atoms with E-state index in [0.29, 0.717) is 11.3 Å². The Kier molecular flexibility index (Phi) is 3.86. The lowest BCUT2D eigenvalue weighted by Crippen LogP contribution is -2.19. The molecule has 0 saturated heterocycles. The van der Waals surface area contributed by atoms with Crippen molar-refractivity contribution in [1.82, 2.24) is 0 Å². The van der Waals surface area contributed by atoms with Crippen LogP contribution in [-0.2, 0) is 6.42 Å². The summed E-state index contributed by atoms with van der Waals surface area (Å²) >= 11 is 0. The van der Waals surface area contributed by atoms with Gasteiger partial charge >= 0.3 is 0 Å². The number of nitrogens with two attached hydrogens (primary N) is 1. The second-order valence-electron chi connectivity index (χ2n) is 5.89. The van der Waals surface area contributed by atoms with Crippen molar-refractivity contribution in [3.63, 3.8) is 0 Å². The van der Waals surface area contributed by atoms with Crippen molar-refractivity contribution in [2.45, 2.75) is 32.2 Å². The van der Waals surface area contributed by atoms with Gasteiger partial charge in [0.15, 0.2) is 0 Å². The quantitative estimate of drug-likeness (QED) is 0.744. The minimum absolute atomic E-state index is 0.00396. The van der Waals surface area contributed by atoms with Crippen molar-refractivity contribution in [1.29, 1.82) is 0 Å². The molecule has 3 rings (SSSR count). The van der Waals surface area contributed by atoms with Gasteiger partial charge in [-0.25, -0.2) is 0 Å². The molecule has 1 atom stereocenters. The SMILES string of the molecule is Cc1ccc(NC(=O)c2ccc3c(c2)C(N)CCC3)c(O)c1. The Morgan fingerprint density at radius 2 is 2.09 bits per heavy atom. The maximum absolute atomic E-state index is 12.4. The number of aromatic hydroxyl groups is 1. The Balaban J connectivity index is 1.85. The summed E-state index contributed by atoms with van der Waals surface area (Å²) in [6, 6.07) is 10.8. The summed E-state index contributed by atoms with van der Waals surface area (Å²) in [5.74, 6) is -0.164. The van der Waals surface area contributed by atoms with E-state index in [4.69, 9.17) is 5.73 Å². The summed E-state index contributed by atoms with van der Waals surface area (Å²) in [5.41, 5.74) is 10.3. The molecule has 1 amide bonds. The zero-order chi connectivity index (χ0) is 15.7. The number of amides is 1. The molecule has 0 aromatic heterocycles. The molecule has 1 unspecified atom stereocenters. The van der Waals surface area contributed by atoms with Crippen molar-refractivity contribution in [3.8, 4) is 5.75 Å². The first-order valence-corrected chi connectivity index (χ1v) is 7.54. The molecule has 114 valence electrons. The number of phenolic OH excluding ortho intramolecular Hbond substituents is 1. The van der Waals surface area contributed by atoms with Crippen molar-refractivity contribution in [2.75, 3.05) is 5.32 Å². The van der Waals surface area contributed by atoms with Crippen molar-refractivity contribution in [3.05, 3.63) is 58.7 Å². The Morgan fingerprint density at radius 3 is 2.86 bits per heavy atom. The van der Waals surface area contributed by atoms with Crippen LogP contribution < -0.4 is 11.1 Å². The molecule has 0 aliphatic heterocycles. The minimum Gasteiger partial charge on any atom is -0.506 e. The predicted molar refractivity (Wildman–Crippen MR) is 87.1 cm³/mol. The molecule has 1 aliphatic rings. The highest BCUT2D eigenvalue weighted by molar-refractivity contribution is 6.05. The molecule has 0 fully saturated rings. The van der Waals surface area contributed by atoms with Gasteiger partial charge in [0, 0.05) is 11.6 Å². The fourth-order valence-corrected chi connectivity index (χ4v) is 2.92. The smallest absolute Gasteiger partial charge is 0.255 e. The molecule has 4 nitrogen and oxygen atoms in total. The zero-order valence-electron chi connectivity index (χ0n) is 12.6. The largest absolute Gasteiger partial charge is 0.506 e. The van der Waals surface area contributed by atoms with Crippen LogP contribution >= 0.6 is 0 Å². The molecule has 4 heteroatoms. The highest BCUT2D eigenvalue weighted by Gasteiger charge is 2.19. The normalized spacial score (nSPS) is 16.9. The Bertz CT molecular complexity index is 725. The number of phenols is 1. The first-order chi connectivity index (χ1) is 10.5. The highest BCUT2D eigenvalue weighted by Crippen LogP contribution is 2.29. The van der Waals surface area contributed by atoms with Gasteiger partial charge in [-0.1, -0.05) is 12.1 Å². The van der Waals surface area contributed by atoms with Gasteiger partial charge in [-0.2, -0.15) is 0 Å². The van der Waals surface area contributed by atoms with E-state index in [1.807, 2.05) is 31.2 Å². The molecular formula is C18H20N2O2. The van der Waals surface area contributed by atoms with Gasteiger partial charge in [-0.15, -0.1) is 0 Å². The van der Waals surface area contributed by atoms with Crippen LogP contribution in [-0.4, -0.2) is 11.0 Å². The van der Waals surface area contributed by atoms with Crippen LogP contribution in [0.4, 0.5) is 5.69 Å². The van der Waals surface area contributed by atoms with Crippen LogP contribution in [0.5, 0.6) is 5.75 Å². The van der Waals surface area contributed by atoms with E-state index in [9.17, 15) is 9.90 Å². The maximum Gasteiger partial charge on any atom is 0.255 e. The van der Waals surface area contributed by atoms with Crippen LogP contribution in [0.1, 0.15) is 45.9 Å². The van der Waals surface area contributed by atoms with Crippen LogP contribution in [0.25, 0.3) is 0 Å². The first kappa shape index (κ1) is 14.6. The number of carbonyl (C=O) groups excluding carboxylic acids is 1. The molecule has 0 radical (unpaired) electrons. The van der Waals surface area contributed by atoms with Crippen LogP contribution in [0, 0.1) is 6.92 Å². The van der Waals surface area contributed by atoms with Crippen molar-refractivity contribution >= 4 is 11.6 Å². The number of hydrogen-bond acceptors (Lipinski definition) is 3. The molecule has 4 N–H and O–H groups in total. The molecular weight excluding hydrogens is 276 g/mol. The molecule has 22 heavy (non-hydrogen) atoms. The molecule has 2 aromatic rings. The summed E-state index contributed by atoms with van der Waals surface area (Å²) in [5, 5.41) is 12.6. The van der Waals surface area contributed by atoms with Crippen molar-refractivity contribution in [2.24, 2.45) is 5.73 Å². The summed E-state index contributed by atoms with van der Waals surface area (Å²) < 4.78 is 0. The molecule has 0 bridgehead atoms. The number of anilines is 1. The number of nitrogens with one attached hydrogen (secondary N) is 1. The number of fused-ring (bicyclic) bond motifs is 1. The highest BCUT2D eigenvalue weighted by atomic mass is 16.3. The molecule has 1 aliphatic carbocycles. The van der Waals surface area contributed by atoms with Gasteiger partial charge in [0.05, 0.1) is 5.69 Å². The Hall–Kier alpha value is -2.33. The van der Waals surface area contributed by atoms with E-state index < -0.39 is 0 Å². The van der Waals surface area contributed by atoms with Gasteiger partial charge in [-0.3, -0.25) is 4.79 Å². The lowest BCUT2D eigenvalue weighted by atomic mass is 9.87. The molecule has 0 saturated carbocycles. The molecule has 0 spiro atoms. The number of carbonyl (C=O) groups is 1. The summed E-state index contributed by atoms with van der Waals surface area (Å²) in [4.78, 5) is 12.4. The van der Waals surface area contributed by atoms with Crippen LogP contribution in [0.3, 0.4) is 0 Å². The van der Waals surface area contributed by atoms with Gasteiger partial charge in [0.25, 0.3) is 5.91 Å². The fraction of sp³-hybridized carbons (Fsp3) is 0.278. The average molecular weight is 296 g/mol. The third-order valence-corrected chi connectivity index (χ3v) is 4.17. The van der Waals surface area contributed by atoms with E-state index in [1.54, 1.807) is 12.1 Å². The van der Waals surface area contributed by atoms with E-state index in [-0.39, 0.29) is 17.7 Å². The fourth-order valence-electron chi connectivity index (χ4n) is 2.92. The van der Waals surface area contributed by atoms with Gasteiger partial charge in [-0.05, 0) is 67.1 Å². The topological polar surface area (TPSA) is 75.4 Å². The van der Waals surface area contributed by atoms with Crippen molar-refractivity contribution < 1.29 is 9.90 Å². The lowest BCUT2D eigenvalue weighted by Gasteiger charge is -2.22. The third kappa shape index (κ3) is 2.83. The number of hydrogen-bond donors (Lipinski definition) is 3. The standard InChI is InChI=1S/C18H20N2O2/c1-11-5-8-16(17(21)9-11)20-18(22)13-7-6-12-3-2-4-15(19)14(12)10-13/h5-10,15,21H,2-4,19H2,1H3,(H,20,22). The third-order valence-electron chi connectivity index (χ3n) is 4.17. The maximum atomic E-state index is 12.4. The second-order valence-corrected chi connectivity index (χ2v) is 5.89. The molecule has 0 heterocycles. The van der Waals surface area contributed by atoms with E-state index in [0.717, 1.165) is 30.4 Å². The average Bonchev–Trinajstić information content (AvgIpc) is 2.50. The van der Waals surface area contributed by atoms with Gasteiger partial charge < -0.3 is 16.2 Å². The second kappa shape index (κ2) is 5.81. The Labute approximate surface area is 130 Å². The predicted octanol–water partition coefficient (Wildman–Crippen LogP) is 3.29. The number of rotatable bonds is 2. The Morgan fingerprint density at radius 1 is 1.27 bits per heavy atom. The minimum atomic E-state index is -0.236. The van der Waals surface area contributed by atoms with E-state index in [1.165, 1.54) is 5.56 Å². The van der Waals surface area contributed by atoms with Gasteiger partial charge in [0.1, 0.15) is 5.75 Å². The van der Waals surface area contributed by atoms with Crippen LogP contribution in [0.2, 0.25) is 0 Å². The lowest BCUT2D eigenvalue weighted by molar-refractivity contribution is 0.102. The van der Waals surface area contributed by atoms with Crippen LogP contribution in [0.15, 0.2) is 36.4 Å². The number of aryl methyl sites for hydroxylation is 2. The zero-order valence-corrected chi connectivity index (χ0v) is 12.6. The summed E-state index contributed by atoms with van der Waals surface area (Å²) in [6.45, 7) is 1.89. The van der Waals surface area contributed by atoms with Gasteiger partial charge in [0.2, 0.25) is 0 Å². The van der Waals surface area contributed by atoms with E-state index >= 15 is 0 Å². The summed E-state index contributed by atoms with van der Waals surface area (Å²) in [6.07, 6.45) is 3.07. The first-order valence-electron chi connectivity index (χ1n) is 7.54. The summed E-state index contributed by atoms with van der Waals surface area (Å²) in [7, 11) is 0. The number of benzene rings is 2. The van der Waals surface area contributed by atoms with E-state index in [2.05, 4.69) is 5.32 Å². The molecule has 2 aromatic carbocycles.